The van der Waals surface area contributed by atoms with Gasteiger partial charge in [0, 0.05) is 13.6 Å². The van der Waals surface area contributed by atoms with Crippen molar-refractivity contribution in [1.29, 1.82) is 0 Å². The molecule has 13 heteroatoms. The fourth-order valence-corrected chi connectivity index (χ4v) is 2.87. The predicted octanol–water partition coefficient (Wildman–Crippen LogP) is -0.172. The number of carbonyl (C=O) groups excluding carboxylic acids is 1. The summed E-state index contributed by atoms with van der Waals surface area (Å²) in [5, 5.41) is 10.8. The van der Waals surface area contributed by atoms with Crippen molar-refractivity contribution in [2.24, 2.45) is 0 Å². The van der Waals surface area contributed by atoms with Crippen LogP contribution in [0.1, 0.15) is 0 Å². The van der Waals surface area contributed by atoms with E-state index in [1.807, 2.05) is 4.72 Å². The van der Waals surface area contributed by atoms with Crippen molar-refractivity contribution in [3.63, 3.8) is 0 Å². The Morgan fingerprint density at radius 3 is 2.39 bits per heavy atom. The second-order valence-corrected chi connectivity index (χ2v) is 6.94. The summed E-state index contributed by atoms with van der Waals surface area (Å²) < 4.78 is 36.6. The lowest BCUT2D eigenvalue weighted by Crippen LogP contribution is -2.35. The van der Waals surface area contributed by atoms with Crippen molar-refractivity contribution < 1.29 is 27.8 Å². The lowest BCUT2D eigenvalue weighted by atomic mass is 10.4. The fraction of sp³-hybridized carbons (Fsp3) is 0.333. The van der Waals surface area contributed by atoms with Gasteiger partial charge in [-0.2, -0.15) is 18.4 Å². The number of nitrogens with zero attached hydrogens (tertiary/aromatic N) is 4. The van der Waals surface area contributed by atoms with Crippen LogP contribution in [0, 0.1) is 0 Å². The molecule has 0 aliphatic carbocycles. The van der Waals surface area contributed by atoms with Gasteiger partial charge in [0.1, 0.15) is 5.82 Å². The van der Waals surface area contributed by atoms with E-state index >= 15 is 0 Å². The van der Waals surface area contributed by atoms with Crippen LogP contribution in [0.25, 0.3) is 0 Å². The molecule has 0 spiro atoms. The molecule has 0 radical (unpaired) electrons. The molecule has 2 aromatic rings. The van der Waals surface area contributed by atoms with E-state index in [2.05, 4.69) is 20.3 Å². The van der Waals surface area contributed by atoms with E-state index < -0.39 is 16.1 Å². The summed E-state index contributed by atoms with van der Waals surface area (Å²) in [5.41, 5.74) is 0. The number of hydrogen-bond donors (Lipinski definition) is 3. The van der Waals surface area contributed by atoms with Gasteiger partial charge in [-0.05, 0) is 12.1 Å². The second kappa shape index (κ2) is 9.14. The quantitative estimate of drug-likeness (QED) is 0.532. The van der Waals surface area contributed by atoms with Crippen LogP contribution in [-0.4, -0.2) is 68.9 Å². The number of aliphatic hydroxyl groups is 1. The number of anilines is 2. The Balaban J connectivity index is 2.16. The van der Waals surface area contributed by atoms with Gasteiger partial charge in [0.25, 0.3) is 10.0 Å². The Labute approximate surface area is 161 Å². The van der Waals surface area contributed by atoms with E-state index in [1.54, 1.807) is 18.0 Å². The predicted molar refractivity (Wildman–Crippen MR) is 99.1 cm³/mol. The van der Waals surface area contributed by atoms with Crippen molar-refractivity contribution in [3.05, 3.63) is 24.3 Å². The lowest BCUT2D eigenvalue weighted by molar-refractivity contribution is 0.256. The first kappa shape index (κ1) is 21.1. The summed E-state index contributed by atoms with van der Waals surface area (Å²) in [6, 6.07) is 4.57. The van der Waals surface area contributed by atoms with Crippen molar-refractivity contribution in [2.45, 2.75) is 5.03 Å². The molecule has 28 heavy (non-hydrogen) atoms. The molecule has 0 saturated heterocycles. The zero-order valence-electron chi connectivity index (χ0n) is 15.4. The van der Waals surface area contributed by atoms with Crippen molar-refractivity contribution >= 4 is 27.8 Å². The van der Waals surface area contributed by atoms with Gasteiger partial charge in [0.15, 0.2) is 5.03 Å². The minimum Gasteiger partial charge on any atom is -0.481 e. The standard InChI is InChI=1S/C15H20N6O6S/c1-21(7-8-22)10-5-4-6-13(16-10)28(24,25)20-15(23)19-14-17-11(26-2)9-12(18-14)27-3/h4-6,9,22H,7-8H2,1-3H3,(H2,17,18,19,20,23). The number of amides is 2. The SMILES string of the molecule is COc1cc(OC)nc(NC(=O)NS(=O)(=O)c2cccc(N(C)CCO)n2)n1. The third-order valence-corrected chi connectivity index (χ3v) is 4.59. The number of methoxy groups -OCH3 is 2. The van der Waals surface area contributed by atoms with Crippen molar-refractivity contribution in [2.75, 3.05) is 44.6 Å². The fourth-order valence-electron chi connectivity index (χ4n) is 2.00. The number of sulfonamides is 1. The lowest BCUT2D eigenvalue weighted by Gasteiger charge is -2.17. The highest BCUT2D eigenvalue weighted by Crippen LogP contribution is 2.17. The van der Waals surface area contributed by atoms with Gasteiger partial charge in [0.2, 0.25) is 17.7 Å². The van der Waals surface area contributed by atoms with Crippen LogP contribution in [-0.2, 0) is 10.0 Å². The van der Waals surface area contributed by atoms with Crippen LogP contribution >= 0.6 is 0 Å². The van der Waals surface area contributed by atoms with Crippen LogP contribution in [0.3, 0.4) is 0 Å². The smallest absolute Gasteiger partial charge is 0.335 e. The molecule has 0 atom stereocenters. The molecule has 0 aliphatic rings. The third kappa shape index (κ3) is 5.40. The molecule has 0 aliphatic heterocycles. The van der Waals surface area contributed by atoms with E-state index in [1.165, 1.54) is 32.4 Å². The summed E-state index contributed by atoms with van der Waals surface area (Å²) >= 11 is 0. The highest BCUT2D eigenvalue weighted by molar-refractivity contribution is 7.90. The number of aromatic nitrogens is 3. The Morgan fingerprint density at radius 2 is 1.82 bits per heavy atom. The summed E-state index contributed by atoms with van der Waals surface area (Å²) in [7, 11) is 0.106. The number of likely N-dealkylation sites (N-methyl/N-ethyl adjacent to an activating group) is 1. The molecule has 0 fully saturated rings. The molecule has 0 saturated carbocycles. The van der Waals surface area contributed by atoms with Crippen LogP contribution in [0.4, 0.5) is 16.6 Å². The van der Waals surface area contributed by atoms with Gasteiger partial charge in [-0.15, -0.1) is 0 Å². The number of nitrogens with one attached hydrogen (secondary N) is 2. The molecular weight excluding hydrogens is 392 g/mol. The van der Waals surface area contributed by atoms with E-state index in [0.29, 0.717) is 5.82 Å². The highest BCUT2D eigenvalue weighted by Gasteiger charge is 2.21. The van der Waals surface area contributed by atoms with Crippen LogP contribution in [0.15, 0.2) is 29.3 Å². The molecule has 2 heterocycles. The average molecular weight is 412 g/mol. The number of pyridine rings is 1. The van der Waals surface area contributed by atoms with Crippen LogP contribution in [0.2, 0.25) is 0 Å². The maximum absolute atomic E-state index is 12.4. The summed E-state index contributed by atoms with van der Waals surface area (Å²) in [6.07, 6.45) is 0. The maximum Gasteiger partial charge on any atom is 0.335 e. The largest absolute Gasteiger partial charge is 0.481 e. The maximum atomic E-state index is 12.4. The Hall–Kier alpha value is -3.19. The average Bonchev–Trinajstić information content (AvgIpc) is 2.67. The number of hydrogen-bond acceptors (Lipinski definition) is 10. The molecule has 0 aromatic carbocycles. The number of rotatable bonds is 8. The molecule has 2 amide bonds. The minimum absolute atomic E-state index is 0.117. The van der Waals surface area contributed by atoms with Gasteiger partial charge in [0.05, 0.1) is 26.9 Å². The molecular formula is C15H20N6O6S. The number of ether oxygens (including phenoxy) is 2. The third-order valence-electron chi connectivity index (χ3n) is 3.36. The van der Waals surface area contributed by atoms with Crippen molar-refractivity contribution in [1.82, 2.24) is 19.7 Å². The number of carbonyl (C=O) groups is 1. The molecule has 12 nitrogen and oxygen atoms in total. The number of aliphatic hydroxyl groups excluding tert-OH is 1. The Morgan fingerprint density at radius 1 is 1.18 bits per heavy atom. The normalized spacial score (nSPS) is 10.9. The summed E-state index contributed by atoms with van der Waals surface area (Å²) in [5.74, 6) is 0.337. The highest BCUT2D eigenvalue weighted by atomic mass is 32.2. The first-order chi connectivity index (χ1) is 13.3. The topological polar surface area (TPSA) is 156 Å². The van der Waals surface area contributed by atoms with E-state index in [-0.39, 0.29) is 35.9 Å². The molecule has 0 unspecified atom stereocenters. The zero-order chi connectivity index (χ0) is 20.7. The van der Waals surface area contributed by atoms with Crippen molar-refractivity contribution in [3.8, 4) is 11.8 Å². The van der Waals surface area contributed by atoms with Gasteiger partial charge in [-0.3, -0.25) is 5.32 Å². The first-order valence-corrected chi connectivity index (χ1v) is 9.37. The van der Waals surface area contributed by atoms with Gasteiger partial charge in [-0.25, -0.2) is 14.5 Å². The molecule has 2 rings (SSSR count). The minimum atomic E-state index is -4.26. The Bertz CT molecular complexity index is 916. The molecule has 152 valence electrons. The van der Waals surface area contributed by atoms with E-state index in [4.69, 9.17) is 14.6 Å². The first-order valence-electron chi connectivity index (χ1n) is 7.89. The van der Waals surface area contributed by atoms with E-state index in [9.17, 15) is 13.2 Å². The molecule has 0 bridgehead atoms. The second-order valence-electron chi connectivity index (χ2n) is 5.32. The van der Waals surface area contributed by atoms with Crippen LogP contribution < -0.4 is 24.4 Å². The monoisotopic (exact) mass is 412 g/mol. The molecule has 3 N–H and O–H groups in total. The Kier molecular flexibility index (Phi) is 6.89. The number of urea groups is 1. The van der Waals surface area contributed by atoms with Gasteiger partial charge >= 0.3 is 6.03 Å². The summed E-state index contributed by atoms with van der Waals surface area (Å²) in [4.78, 5) is 25.4. The molecule has 2 aromatic heterocycles. The zero-order valence-corrected chi connectivity index (χ0v) is 16.2. The van der Waals surface area contributed by atoms with Gasteiger partial charge in [-0.1, -0.05) is 6.07 Å². The van der Waals surface area contributed by atoms with Crippen LogP contribution in [0.5, 0.6) is 11.8 Å². The van der Waals surface area contributed by atoms with Gasteiger partial charge < -0.3 is 19.5 Å². The van der Waals surface area contributed by atoms with E-state index in [0.717, 1.165) is 0 Å². The summed E-state index contributed by atoms with van der Waals surface area (Å²) in [6.45, 7) is 0.138.